The third kappa shape index (κ3) is 4.67. The summed E-state index contributed by atoms with van der Waals surface area (Å²) in [4.78, 5) is 40.5. The Bertz CT molecular complexity index is 1040. The van der Waals surface area contributed by atoms with E-state index in [9.17, 15) is 14.4 Å². The fourth-order valence-corrected chi connectivity index (χ4v) is 4.89. The Hall–Kier alpha value is -3.59. The van der Waals surface area contributed by atoms with E-state index in [1.54, 1.807) is 41.3 Å². The molecule has 6 heteroatoms. The Morgan fingerprint density at radius 2 is 1.81 bits per heavy atom. The molecule has 1 aliphatic carbocycles. The molecule has 164 valence electrons. The molecule has 1 saturated carbocycles. The smallest absolute Gasteiger partial charge is 0.254 e. The van der Waals surface area contributed by atoms with E-state index >= 15 is 0 Å². The molecule has 2 N–H and O–H groups in total. The van der Waals surface area contributed by atoms with Crippen LogP contribution in [0.25, 0.3) is 0 Å². The molecule has 2 aromatic rings. The third-order valence-corrected chi connectivity index (χ3v) is 6.38. The predicted molar refractivity (Wildman–Crippen MR) is 123 cm³/mol. The zero-order valence-electron chi connectivity index (χ0n) is 17.9. The molecule has 32 heavy (non-hydrogen) atoms. The fourth-order valence-electron chi connectivity index (χ4n) is 4.89. The van der Waals surface area contributed by atoms with Crippen molar-refractivity contribution >= 4 is 23.4 Å². The average Bonchev–Trinajstić information content (AvgIpc) is 3.22. The van der Waals surface area contributed by atoms with E-state index in [1.165, 1.54) is 0 Å². The van der Waals surface area contributed by atoms with Crippen LogP contribution in [-0.4, -0.2) is 41.2 Å². The standard InChI is InChI=1S/C26H27N3O3/c1-2-18-9-8-13-21(15-18)28-24(30)17-27-25(31)23-16-20-12-6-7-14-22(20)29(23)26(32)19-10-4-3-5-11-19/h1,3-5,8-11,13,15,20,22-23H,6-7,12,14,16-17H2,(H,27,31)(H,28,30). The van der Waals surface area contributed by atoms with Crippen molar-refractivity contribution in [1.29, 1.82) is 0 Å². The van der Waals surface area contributed by atoms with Gasteiger partial charge in [-0.1, -0.05) is 43.0 Å². The molecule has 0 radical (unpaired) electrons. The van der Waals surface area contributed by atoms with Crippen LogP contribution < -0.4 is 10.6 Å². The van der Waals surface area contributed by atoms with Gasteiger partial charge in [-0.3, -0.25) is 14.4 Å². The summed E-state index contributed by atoms with van der Waals surface area (Å²) in [5.41, 5.74) is 1.82. The predicted octanol–water partition coefficient (Wildman–Crippen LogP) is 3.20. The molecule has 1 saturated heterocycles. The molecule has 4 rings (SSSR count). The van der Waals surface area contributed by atoms with E-state index in [0.29, 0.717) is 29.2 Å². The monoisotopic (exact) mass is 429 g/mol. The van der Waals surface area contributed by atoms with E-state index < -0.39 is 6.04 Å². The topological polar surface area (TPSA) is 78.5 Å². The van der Waals surface area contributed by atoms with Gasteiger partial charge in [-0.05, 0) is 55.5 Å². The number of terminal acetylenes is 1. The van der Waals surface area contributed by atoms with Crippen molar-refractivity contribution in [3.8, 4) is 12.3 Å². The van der Waals surface area contributed by atoms with Crippen LogP contribution in [0, 0.1) is 18.3 Å². The van der Waals surface area contributed by atoms with Gasteiger partial charge in [-0.2, -0.15) is 0 Å². The van der Waals surface area contributed by atoms with Gasteiger partial charge in [-0.15, -0.1) is 6.42 Å². The second kappa shape index (κ2) is 9.69. The number of anilines is 1. The molecule has 1 heterocycles. The summed E-state index contributed by atoms with van der Waals surface area (Å²) in [6.07, 6.45) is 10.2. The molecule has 3 unspecified atom stereocenters. The number of nitrogens with zero attached hydrogens (tertiary/aromatic N) is 1. The second-order valence-corrected chi connectivity index (χ2v) is 8.43. The van der Waals surface area contributed by atoms with E-state index in [0.717, 1.165) is 25.7 Å². The van der Waals surface area contributed by atoms with Gasteiger partial charge in [0.05, 0.1) is 6.54 Å². The number of fused-ring (bicyclic) bond motifs is 1. The lowest BCUT2D eigenvalue weighted by molar-refractivity contribution is -0.127. The average molecular weight is 430 g/mol. The highest BCUT2D eigenvalue weighted by Crippen LogP contribution is 2.40. The minimum Gasteiger partial charge on any atom is -0.345 e. The summed E-state index contributed by atoms with van der Waals surface area (Å²) in [6, 6.07) is 15.6. The van der Waals surface area contributed by atoms with Crippen LogP contribution in [0.2, 0.25) is 0 Å². The minimum atomic E-state index is -0.562. The van der Waals surface area contributed by atoms with Crippen LogP contribution in [0.3, 0.4) is 0 Å². The van der Waals surface area contributed by atoms with Crippen LogP contribution in [-0.2, 0) is 9.59 Å². The number of hydrogen-bond donors (Lipinski definition) is 2. The first kappa shape index (κ1) is 21.6. The zero-order valence-corrected chi connectivity index (χ0v) is 17.9. The Morgan fingerprint density at radius 3 is 2.59 bits per heavy atom. The lowest BCUT2D eigenvalue weighted by Gasteiger charge is -2.33. The number of benzene rings is 2. The second-order valence-electron chi connectivity index (χ2n) is 8.43. The van der Waals surface area contributed by atoms with Gasteiger partial charge in [0, 0.05) is 22.9 Å². The number of carbonyl (C=O) groups is 3. The number of amides is 3. The van der Waals surface area contributed by atoms with Crippen molar-refractivity contribution in [3.63, 3.8) is 0 Å². The molecule has 6 nitrogen and oxygen atoms in total. The first-order valence-electron chi connectivity index (χ1n) is 11.1. The maximum Gasteiger partial charge on any atom is 0.254 e. The summed E-state index contributed by atoms with van der Waals surface area (Å²) in [5.74, 6) is 2.11. The summed E-state index contributed by atoms with van der Waals surface area (Å²) >= 11 is 0. The van der Waals surface area contributed by atoms with Gasteiger partial charge in [-0.25, -0.2) is 0 Å². The maximum atomic E-state index is 13.3. The summed E-state index contributed by atoms with van der Waals surface area (Å²) in [7, 11) is 0. The maximum absolute atomic E-state index is 13.3. The highest BCUT2D eigenvalue weighted by molar-refractivity contribution is 5.99. The molecule has 3 atom stereocenters. The van der Waals surface area contributed by atoms with Crippen LogP contribution in [0.15, 0.2) is 54.6 Å². The van der Waals surface area contributed by atoms with E-state index in [-0.39, 0.29) is 30.3 Å². The zero-order chi connectivity index (χ0) is 22.5. The van der Waals surface area contributed by atoms with Gasteiger partial charge >= 0.3 is 0 Å². The molecule has 3 amide bonds. The highest BCUT2D eigenvalue weighted by atomic mass is 16.2. The third-order valence-electron chi connectivity index (χ3n) is 6.38. The van der Waals surface area contributed by atoms with E-state index in [4.69, 9.17) is 6.42 Å². The van der Waals surface area contributed by atoms with Crippen LogP contribution >= 0.6 is 0 Å². The fraction of sp³-hybridized carbons (Fsp3) is 0.346. The molecule has 2 aliphatic rings. The Morgan fingerprint density at radius 1 is 1.03 bits per heavy atom. The first-order valence-corrected chi connectivity index (χ1v) is 11.1. The van der Waals surface area contributed by atoms with Crippen molar-refractivity contribution in [2.45, 2.75) is 44.2 Å². The molecular formula is C26H27N3O3. The van der Waals surface area contributed by atoms with Gasteiger partial charge in [0.25, 0.3) is 5.91 Å². The Labute approximate surface area is 188 Å². The number of rotatable bonds is 5. The summed E-state index contributed by atoms with van der Waals surface area (Å²) in [6.45, 7) is -0.168. The Balaban J connectivity index is 1.43. The quantitative estimate of drug-likeness (QED) is 0.717. The SMILES string of the molecule is C#Cc1cccc(NC(=O)CNC(=O)C2CC3CCCCC3N2C(=O)c2ccccc2)c1. The number of hydrogen-bond acceptors (Lipinski definition) is 3. The number of carbonyl (C=O) groups excluding carboxylic acids is 3. The van der Waals surface area contributed by atoms with Gasteiger partial charge in [0.15, 0.2) is 0 Å². The van der Waals surface area contributed by atoms with Crippen LogP contribution in [0.1, 0.15) is 48.0 Å². The van der Waals surface area contributed by atoms with Crippen molar-refractivity contribution in [3.05, 3.63) is 65.7 Å². The normalized spacial score (nSPS) is 21.8. The van der Waals surface area contributed by atoms with Crippen LogP contribution in [0.5, 0.6) is 0 Å². The lowest BCUT2D eigenvalue weighted by Crippen LogP contribution is -2.50. The largest absolute Gasteiger partial charge is 0.345 e. The molecule has 2 fully saturated rings. The minimum absolute atomic E-state index is 0.0764. The van der Waals surface area contributed by atoms with Gasteiger partial charge in [0.2, 0.25) is 11.8 Å². The van der Waals surface area contributed by atoms with Gasteiger partial charge < -0.3 is 15.5 Å². The lowest BCUT2D eigenvalue weighted by atomic mass is 9.84. The van der Waals surface area contributed by atoms with E-state index in [2.05, 4.69) is 16.6 Å². The number of likely N-dealkylation sites (tertiary alicyclic amines) is 1. The molecule has 0 aromatic heterocycles. The van der Waals surface area contributed by atoms with Gasteiger partial charge in [0.1, 0.15) is 6.04 Å². The number of nitrogens with one attached hydrogen (secondary N) is 2. The van der Waals surface area contributed by atoms with Crippen molar-refractivity contribution in [1.82, 2.24) is 10.2 Å². The van der Waals surface area contributed by atoms with Crippen LogP contribution in [0.4, 0.5) is 5.69 Å². The summed E-state index contributed by atoms with van der Waals surface area (Å²) in [5, 5.41) is 5.48. The molecule has 1 aliphatic heterocycles. The molecule has 0 spiro atoms. The van der Waals surface area contributed by atoms with Crippen molar-refractivity contribution < 1.29 is 14.4 Å². The van der Waals surface area contributed by atoms with Crippen molar-refractivity contribution in [2.75, 3.05) is 11.9 Å². The molecule has 2 aromatic carbocycles. The van der Waals surface area contributed by atoms with E-state index in [1.807, 2.05) is 18.2 Å². The molecule has 0 bridgehead atoms. The highest BCUT2D eigenvalue weighted by Gasteiger charge is 2.47. The Kier molecular flexibility index (Phi) is 6.55. The van der Waals surface area contributed by atoms with Crippen molar-refractivity contribution in [2.24, 2.45) is 5.92 Å². The first-order chi connectivity index (χ1) is 15.6. The molecular weight excluding hydrogens is 402 g/mol. The summed E-state index contributed by atoms with van der Waals surface area (Å²) < 4.78 is 0.